The van der Waals surface area contributed by atoms with E-state index in [0.717, 1.165) is 47.8 Å². The number of hydrogen-bond donors (Lipinski definition) is 1. The number of aryl methyl sites for hydroxylation is 1. The summed E-state index contributed by atoms with van der Waals surface area (Å²) in [4.78, 5) is 12.0. The van der Waals surface area contributed by atoms with Crippen LogP contribution in [0.15, 0.2) is 26.1 Å². The van der Waals surface area contributed by atoms with Crippen LogP contribution in [0.1, 0.15) is 68.5 Å². The molecule has 1 saturated heterocycles. The highest BCUT2D eigenvalue weighted by atomic mass is 32.1. The maximum atomic E-state index is 6.22. The van der Waals surface area contributed by atoms with Crippen LogP contribution in [0.5, 0.6) is 0 Å². The Kier molecular flexibility index (Phi) is 6.34. The number of benzene rings is 1. The van der Waals surface area contributed by atoms with Crippen LogP contribution < -0.4 is 4.90 Å². The molecule has 1 aliphatic rings. The molecule has 1 fully saturated rings. The first-order valence-corrected chi connectivity index (χ1v) is 11.1. The number of aromatic nitrogens is 4. The standard InChI is InChI=1S/C22H29N5O3S/c1-12(2)19-24-22(30-25-19)27-10-8-16(9-11-27)28-15(5)21-23-20(26-29-21)17-7-6-13(3)14(4)18(17)31/h6-7,12,15-16,31H,8-11H2,1-5H3/t15-/m1/s1. The van der Waals surface area contributed by atoms with Gasteiger partial charge in [0, 0.05) is 29.5 Å². The molecule has 0 saturated carbocycles. The van der Waals surface area contributed by atoms with Gasteiger partial charge in [-0.1, -0.05) is 30.2 Å². The second-order valence-electron chi connectivity index (χ2n) is 8.41. The molecule has 0 N–H and O–H groups in total. The Morgan fingerprint density at radius 3 is 2.48 bits per heavy atom. The zero-order valence-corrected chi connectivity index (χ0v) is 19.5. The van der Waals surface area contributed by atoms with E-state index in [1.165, 1.54) is 5.56 Å². The smallest absolute Gasteiger partial charge is 0.324 e. The third kappa shape index (κ3) is 4.62. The third-order valence-corrected chi connectivity index (χ3v) is 6.37. The van der Waals surface area contributed by atoms with Crippen molar-refractivity contribution in [2.24, 2.45) is 0 Å². The Bertz CT molecular complexity index is 1040. The molecule has 4 rings (SSSR count). The van der Waals surface area contributed by atoms with E-state index in [0.29, 0.717) is 17.7 Å². The number of rotatable bonds is 6. The van der Waals surface area contributed by atoms with Gasteiger partial charge in [0.25, 0.3) is 5.89 Å². The summed E-state index contributed by atoms with van der Waals surface area (Å²) < 4.78 is 17.1. The molecule has 2 aromatic heterocycles. The van der Waals surface area contributed by atoms with Crippen molar-refractivity contribution >= 4 is 18.6 Å². The van der Waals surface area contributed by atoms with Crippen molar-refractivity contribution in [1.82, 2.24) is 20.3 Å². The normalized spacial score (nSPS) is 16.3. The zero-order chi connectivity index (χ0) is 22.1. The van der Waals surface area contributed by atoms with Crippen molar-refractivity contribution in [2.75, 3.05) is 18.0 Å². The first-order valence-electron chi connectivity index (χ1n) is 10.7. The first-order chi connectivity index (χ1) is 14.8. The van der Waals surface area contributed by atoms with Gasteiger partial charge in [-0.15, -0.1) is 12.6 Å². The molecule has 9 heteroatoms. The maximum Gasteiger partial charge on any atom is 0.324 e. The largest absolute Gasteiger partial charge is 0.365 e. The number of piperidine rings is 1. The van der Waals surface area contributed by atoms with Crippen LogP contribution in [-0.2, 0) is 4.74 Å². The van der Waals surface area contributed by atoms with Gasteiger partial charge in [-0.2, -0.15) is 9.97 Å². The van der Waals surface area contributed by atoms with Gasteiger partial charge >= 0.3 is 6.01 Å². The summed E-state index contributed by atoms with van der Waals surface area (Å²) in [5.41, 5.74) is 3.16. The van der Waals surface area contributed by atoms with Crippen molar-refractivity contribution in [3.63, 3.8) is 0 Å². The number of nitrogens with zero attached hydrogens (tertiary/aromatic N) is 5. The van der Waals surface area contributed by atoms with Crippen LogP contribution in [0.4, 0.5) is 6.01 Å². The second kappa shape index (κ2) is 9.00. The van der Waals surface area contributed by atoms with Crippen LogP contribution >= 0.6 is 12.6 Å². The first kappa shape index (κ1) is 21.8. The number of hydrogen-bond acceptors (Lipinski definition) is 9. The van der Waals surface area contributed by atoms with Crippen LogP contribution in [0.25, 0.3) is 11.4 Å². The van der Waals surface area contributed by atoms with Crippen LogP contribution in [0, 0.1) is 13.8 Å². The molecular formula is C22H29N5O3S. The number of ether oxygens (including phenoxy) is 1. The summed E-state index contributed by atoms with van der Waals surface area (Å²) in [6.45, 7) is 11.8. The summed E-state index contributed by atoms with van der Waals surface area (Å²) in [6.07, 6.45) is 1.55. The lowest BCUT2D eigenvalue weighted by Gasteiger charge is -2.31. The highest BCUT2D eigenvalue weighted by molar-refractivity contribution is 7.80. The van der Waals surface area contributed by atoms with E-state index in [1.54, 1.807) is 0 Å². The van der Waals surface area contributed by atoms with Gasteiger partial charge < -0.3 is 18.7 Å². The van der Waals surface area contributed by atoms with E-state index in [1.807, 2.05) is 26.0 Å². The topological polar surface area (TPSA) is 90.3 Å². The summed E-state index contributed by atoms with van der Waals surface area (Å²) in [5, 5.41) is 8.20. The fourth-order valence-electron chi connectivity index (χ4n) is 3.61. The van der Waals surface area contributed by atoms with Crippen molar-refractivity contribution in [3.8, 4) is 11.4 Å². The van der Waals surface area contributed by atoms with E-state index in [-0.39, 0.29) is 18.1 Å². The molecular weight excluding hydrogens is 414 g/mol. The zero-order valence-electron chi connectivity index (χ0n) is 18.6. The van der Waals surface area contributed by atoms with Gasteiger partial charge in [-0.25, -0.2) is 0 Å². The van der Waals surface area contributed by atoms with Gasteiger partial charge in [-0.05, 0) is 50.8 Å². The monoisotopic (exact) mass is 443 g/mol. The molecule has 0 amide bonds. The second-order valence-corrected chi connectivity index (χ2v) is 8.86. The molecule has 0 aliphatic carbocycles. The van der Waals surface area contributed by atoms with Crippen molar-refractivity contribution in [2.45, 2.75) is 70.5 Å². The van der Waals surface area contributed by atoms with E-state index >= 15 is 0 Å². The molecule has 1 aliphatic heterocycles. The Morgan fingerprint density at radius 1 is 1.06 bits per heavy atom. The average Bonchev–Trinajstić information content (AvgIpc) is 3.43. The lowest BCUT2D eigenvalue weighted by Crippen LogP contribution is -2.37. The summed E-state index contributed by atoms with van der Waals surface area (Å²) in [6, 6.07) is 4.61. The maximum absolute atomic E-state index is 6.22. The molecule has 0 unspecified atom stereocenters. The highest BCUT2D eigenvalue weighted by Crippen LogP contribution is 2.31. The number of anilines is 1. The molecule has 3 aromatic rings. The minimum atomic E-state index is -0.288. The Balaban J connectivity index is 1.35. The number of thiol groups is 1. The summed E-state index contributed by atoms with van der Waals surface area (Å²) >= 11 is 4.64. The molecule has 3 heterocycles. The predicted octanol–water partition coefficient (Wildman–Crippen LogP) is 4.90. The van der Waals surface area contributed by atoms with E-state index in [2.05, 4.69) is 58.6 Å². The summed E-state index contributed by atoms with van der Waals surface area (Å²) in [7, 11) is 0. The average molecular weight is 444 g/mol. The minimum Gasteiger partial charge on any atom is -0.365 e. The fraction of sp³-hybridized carbons (Fsp3) is 0.545. The Hall–Kier alpha value is -2.39. The Labute approximate surface area is 187 Å². The minimum absolute atomic E-state index is 0.108. The molecule has 1 aromatic carbocycles. The van der Waals surface area contributed by atoms with Crippen LogP contribution in [-0.4, -0.2) is 39.5 Å². The SMILES string of the molecule is Cc1ccc(-c2noc([C@@H](C)OC3CCN(c4nc(C(C)C)no4)CC3)n2)c(S)c1C. The predicted molar refractivity (Wildman–Crippen MR) is 120 cm³/mol. The van der Waals surface area contributed by atoms with Crippen LogP contribution in [0.3, 0.4) is 0 Å². The van der Waals surface area contributed by atoms with Gasteiger partial charge in [-0.3, -0.25) is 0 Å². The molecule has 166 valence electrons. The lowest BCUT2D eigenvalue weighted by molar-refractivity contribution is -0.0303. The van der Waals surface area contributed by atoms with Crippen LogP contribution in [0.2, 0.25) is 0 Å². The van der Waals surface area contributed by atoms with Gasteiger partial charge in [0.05, 0.1) is 6.10 Å². The fourth-order valence-corrected chi connectivity index (χ4v) is 3.96. The lowest BCUT2D eigenvalue weighted by atomic mass is 10.1. The van der Waals surface area contributed by atoms with Gasteiger partial charge in [0.1, 0.15) is 6.10 Å². The quantitative estimate of drug-likeness (QED) is 0.538. The van der Waals surface area contributed by atoms with Crippen molar-refractivity contribution in [3.05, 3.63) is 35.0 Å². The Morgan fingerprint density at radius 2 is 1.81 bits per heavy atom. The van der Waals surface area contributed by atoms with E-state index in [4.69, 9.17) is 13.8 Å². The van der Waals surface area contributed by atoms with Crippen molar-refractivity contribution in [1.29, 1.82) is 0 Å². The molecule has 0 radical (unpaired) electrons. The molecule has 0 spiro atoms. The van der Waals surface area contributed by atoms with E-state index < -0.39 is 0 Å². The third-order valence-electron chi connectivity index (χ3n) is 5.79. The van der Waals surface area contributed by atoms with Gasteiger partial charge in [0.15, 0.2) is 5.82 Å². The molecule has 8 nitrogen and oxygen atoms in total. The molecule has 1 atom stereocenters. The van der Waals surface area contributed by atoms with Gasteiger partial charge in [0.2, 0.25) is 5.82 Å². The summed E-state index contributed by atoms with van der Waals surface area (Å²) in [5.74, 6) is 2.00. The molecule has 31 heavy (non-hydrogen) atoms. The van der Waals surface area contributed by atoms with Crippen molar-refractivity contribution < 1.29 is 13.8 Å². The van der Waals surface area contributed by atoms with E-state index in [9.17, 15) is 0 Å². The highest BCUT2D eigenvalue weighted by Gasteiger charge is 2.27. The molecule has 0 bridgehead atoms.